The van der Waals surface area contributed by atoms with Crippen LogP contribution in [0.1, 0.15) is 44.7 Å². The van der Waals surface area contributed by atoms with Crippen molar-refractivity contribution in [2.45, 2.75) is 57.0 Å². The van der Waals surface area contributed by atoms with E-state index in [-0.39, 0.29) is 0 Å². The zero-order chi connectivity index (χ0) is 15.5. The quantitative estimate of drug-likeness (QED) is 0.875. The minimum Gasteiger partial charge on any atom is -0.349 e. The lowest BCUT2D eigenvalue weighted by Crippen LogP contribution is -2.32. The van der Waals surface area contributed by atoms with Gasteiger partial charge in [0.1, 0.15) is 4.90 Å². The second-order valence-corrected chi connectivity index (χ2v) is 7.99. The summed E-state index contributed by atoms with van der Waals surface area (Å²) in [5.74, 6) is 0.501. The van der Waals surface area contributed by atoms with Gasteiger partial charge < -0.3 is 10.3 Å². The number of hydrogen-bond acceptors (Lipinski definition) is 3. The molecule has 120 valence electrons. The summed E-state index contributed by atoms with van der Waals surface area (Å²) in [6.45, 7) is 3.70. The molecular weight excluding hydrogens is 286 g/mol. The van der Waals surface area contributed by atoms with E-state index >= 15 is 0 Å². The van der Waals surface area contributed by atoms with E-state index in [1.54, 1.807) is 19.3 Å². The van der Waals surface area contributed by atoms with Crippen molar-refractivity contribution in [3.8, 4) is 0 Å². The fourth-order valence-electron chi connectivity index (χ4n) is 3.14. The summed E-state index contributed by atoms with van der Waals surface area (Å²) in [6.07, 6.45) is 7.72. The molecule has 0 unspecified atom stereocenters. The van der Waals surface area contributed by atoms with Crippen LogP contribution in [0.25, 0.3) is 0 Å². The molecule has 1 aromatic heterocycles. The van der Waals surface area contributed by atoms with E-state index < -0.39 is 10.0 Å². The molecule has 1 fully saturated rings. The van der Waals surface area contributed by atoms with Gasteiger partial charge in [0.15, 0.2) is 0 Å². The molecule has 21 heavy (non-hydrogen) atoms. The van der Waals surface area contributed by atoms with E-state index in [2.05, 4.69) is 0 Å². The first-order valence-electron chi connectivity index (χ1n) is 7.84. The van der Waals surface area contributed by atoms with Crippen LogP contribution in [-0.4, -0.2) is 30.9 Å². The largest absolute Gasteiger partial charge is 0.349 e. The van der Waals surface area contributed by atoms with Crippen molar-refractivity contribution >= 4 is 10.0 Å². The smallest absolute Gasteiger partial charge is 0.244 e. The first-order valence-corrected chi connectivity index (χ1v) is 9.28. The van der Waals surface area contributed by atoms with Gasteiger partial charge in [0.05, 0.1) is 0 Å². The van der Waals surface area contributed by atoms with Gasteiger partial charge in [-0.3, -0.25) is 0 Å². The number of nitrogens with two attached hydrogens (primary N) is 1. The summed E-state index contributed by atoms with van der Waals surface area (Å²) in [5, 5.41) is 0. The van der Waals surface area contributed by atoms with Gasteiger partial charge in [-0.1, -0.05) is 19.3 Å². The van der Waals surface area contributed by atoms with Gasteiger partial charge in [0.25, 0.3) is 0 Å². The maximum absolute atomic E-state index is 12.7. The summed E-state index contributed by atoms with van der Waals surface area (Å²) in [5.41, 5.74) is 6.54. The van der Waals surface area contributed by atoms with E-state index in [9.17, 15) is 8.42 Å². The highest BCUT2D eigenvalue weighted by atomic mass is 32.2. The van der Waals surface area contributed by atoms with Crippen LogP contribution in [0.4, 0.5) is 0 Å². The van der Waals surface area contributed by atoms with Gasteiger partial charge in [0, 0.05) is 38.6 Å². The number of sulfonamides is 1. The molecule has 1 aliphatic rings. The SMILES string of the molecule is CCn1cc(S(=O)(=O)N(C)CC2CCCCC2)cc1CN. The molecular formula is C15H27N3O2S. The first-order chi connectivity index (χ1) is 9.98. The minimum atomic E-state index is -3.40. The third-order valence-electron chi connectivity index (χ3n) is 4.46. The molecule has 0 atom stereocenters. The highest BCUT2D eigenvalue weighted by Crippen LogP contribution is 2.26. The predicted octanol–water partition coefficient (Wildman–Crippen LogP) is 2.17. The van der Waals surface area contributed by atoms with E-state index in [1.165, 1.54) is 23.6 Å². The molecule has 1 heterocycles. The van der Waals surface area contributed by atoms with Crippen LogP contribution in [0.15, 0.2) is 17.2 Å². The zero-order valence-electron chi connectivity index (χ0n) is 13.1. The monoisotopic (exact) mass is 313 g/mol. The van der Waals surface area contributed by atoms with Crippen molar-refractivity contribution in [1.82, 2.24) is 8.87 Å². The van der Waals surface area contributed by atoms with Gasteiger partial charge >= 0.3 is 0 Å². The average molecular weight is 313 g/mol. The Balaban J connectivity index is 2.14. The Hall–Kier alpha value is -0.850. The van der Waals surface area contributed by atoms with E-state index in [4.69, 9.17) is 5.73 Å². The molecule has 1 aromatic rings. The number of rotatable bonds is 6. The molecule has 0 radical (unpaired) electrons. The molecule has 1 aliphatic carbocycles. The summed E-state index contributed by atoms with van der Waals surface area (Å²) in [6, 6.07) is 1.70. The van der Waals surface area contributed by atoms with E-state index in [1.807, 2.05) is 11.5 Å². The Morgan fingerprint density at radius 3 is 2.52 bits per heavy atom. The topological polar surface area (TPSA) is 68.3 Å². The fraction of sp³-hybridized carbons (Fsp3) is 0.733. The lowest BCUT2D eigenvalue weighted by Gasteiger charge is -2.26. The Kier molecular flexibility index (Phi) is 5.46. The van der Waals surface area contributed by atoms with Crippen molar-refractivity contribution < 1.29 is 8.42 Å². The van der Waals surface area contributed by atoms with Gasteiger partial charge in [-0.05, 0) is 31.7 Å². The van der Waals surface area contributed by atoms with Gasteiger partial charge in [0.2, 0.25) is 10.0 Å². The Labute approximate surface area is 128 Å². The Bertz CT molecular complexity index is 538. The number of hydrogen-bond donors (Lipinski definition) is 1. The summed E-state index contributed by atoms with van der Waals surface area (Å²) < 4.78 is 28.8. The highest BCUT2D eigenvalue weighted by molar-refractivity contribution is 7.89. The molecule has 2 rings (SSSR count). The third kappa shape index (κ3) is 3.67. The molecule has 0 bridgehead atoms. The zero-order valence-corrected chi connectivity index (χ0v) is 13.9. The second kappa shape index (κ2) is 6.94. The maximum atomic E-state index is 12.7. The molecule has 0 spiro atoms. The molecule has 0 amide bonds. The molecule has 5 nitrogen and oxygen atoms in total. The molecule has 0 aliphatic heterocycles. The highest BCUT2D eigenvalue weighted by Gasteiger charge is 2.26. The lowest BCUT2D eigenvalue weighted by molar-refractivity contribution is 0.300. The number of aromatic nitrogens is 1. The Morgan fingerprint density at radius 2 is 2.00 bits per heavy atom. The van der Waals surface area contributed by atoms with Crippen LogP contribution in [0.5, 0.6) is 0 Å². The summed E-state index contributed by atoms with van der Waals surface area (Å²) in [7, 11) is -1.71. The molecule has 1 saturated carbocycles. The van der Waals surface area contributed by atoms with Gasteiger partial charge in [-0.2, -0.15) is 0 Å². The molecule has 0 aromatic carbocycles. The minimum absolute atomic E-state index is 0.357. The fourth-order valence-corrected chi connectivity index (χ4v) is 4.46. The lowest BCUT2D eigenvalue weighted by atomic mass is 9.89. The molecule has 0 saturated heterocycles. The Morgan fingerprint density at radius 1 is 1.33 bits per heavy atom. The van der Waals surface area contributed by atoms with Gasteiger partial charge in [-0.25, -0.2) is 12.7 Å². The van der Waals surface area contributed by atoms with E-state index in [0.717, 1.165) is 25.1 Å². The number of nitrogens with zero attached hydrogens (tertiary/aromatic N) is 2. The van der Waals surface area contributed by atoms with Crippen molar-refractivity contribution in [1.29, 1.82) is 0 Å². The molecule has 6 heteroatoms. The van der Waals surface area contributed by atoms with Crippen LogP contribution in [-0.2, 0) is 23.1 Å². The van der Waals surface area contributed by atoms with Crippen LogP contribution < -0.4 is 5.73 Å². The van der Waals surface area contributed by atoms with Crippen LogP contribution >= 0.6 is 0 Å². The van der Waals surface area contributed by atoms with Crippen LogP contribution in [0.3, 0.4) is 0 Å². The van der Waals surface area contributed by atoms with E-state index in [0.29, 0.717) is 23.9 Å². The summed E-state index contributed by atoms with van der Waals surface area (Å²) in [4.78, 5) is 0.364. The maximum Gasteiger partial charge on any atom is 0.244 e. The first kappa shape index (κ1) is 16.5. The predicted molar refractivity (Wildman–Crippen MR) is 84.4 cm³/mol. The van der Waals surface area contributed by atoms with Crippen molar-refractivity contribution in [2.24, 2.45) is 11.7 Å². The second-order valence-electron chi connectivity index (χ2n) is 5.95. The number of aryl methyl sites for hydroxylation is 1. The van der Waals surface area contributed by atoms with Crippen LogP contribution in [0, 0.1) is 5.92 Å². The van der Waals surface area contributed by atoms with Crippen molar-refractivity contribution in [2.75, 3.05) is 13.6 Å². The standard InChI is InChI=1S/C15H27N3O2S/c1-3-18-12-15(9-14(18)10-16)21(19,20)17(2)11-13-7-5-4-6-8-13/h9,12-13H,3-8,10-11,16H2,1-2H3. The normalized spacial score (nSPS) is 17.5. The van der Waals surface area contributed by atoms with Crippen molar-refractivity contribution in [3.05, 3.63) is 18.0 Å². The molecule has 2 N–H and O–H groups in total. The summed E-state index contributed by atoms with van der Waals surface area (Å²) >= 11 is 0. The van der Waals surface area contributed by atoms with Crippen LogP contribution in [0.2, 0.25) is 0 Å². The third-order valence-corrected chi connectivity index (χ3v) is 6.25. The van der Waals surface area contributed by atoms with Crippen molar-refractivity contribution in [3.63, 3.8) is 0 Å². The average Bonchev–Trinajstić information content (AvgIpc) is 2.92. The van der Waals surface area contributed by atoms with Gasteiger partial charge in [-0.15, -0.1) is 0 Å².